The van der Waals surface area contributed by atoms with E-state index < -0.39 is 0 Å². The minimum atomic E-state index is -0.225. The quantitative estimate of drug-likeness (QED) is 0.482. The summed E-state index contributed by atoms with van der Waals surface area (Å²) in [5.74, 6) is 1.33. The first-order valence-corrected chi connectivity index (χ1v) is 10.3. The van der Waals surface area contributed by atoms with E-state index in [-0.39, 0.29) is 12.6 Å². The Balaban J connectivity index is 1.31. The molecule has 1 aliphatic heterocycles. The van der Waals surface area contributed by atoms with Crippen molar-refractivity contribution < 1.29 is 13.9 Å². The molecule has 0 atom stereocenters. The number of fused-ring (bicyclic) bond motifs is 1. The number of ether oxygens (including phenoxy) is 2. The highest BCUT2D eigenvalue weighted by Gasteiger charge is 2.18. The molecule has 1 aliphatic rings. The van der Waals surface area contributed by atoms with E-state index in [0.717, 1.165) is 38.5 Å². The smallest absolute Gasteiger partial charge is 0.231 e. The van der Waals surface area contributed by atoms with Crippen LogP contribution in [0.5, 0.6) is 11.5 Å². The van der Waals surface area contributed by atoms with Gasteiger partial charge in [0.15, 0.2) is 16.6 Å². The summed E-state index contributed by atoms with van der Waals surface area (Å²) < 4.78 is 26.6. The molecule has 6 nitrogen and oxygen atoms in total. The Morgan fingerprint density at radius 2 is 1.97 bits per heavy atom. The summed E-state index contributed by atoms with van der Waals surface area (Å²) >= 11 is 1.54. The van der Waals surface area contributed by atoms with E-state index in [1.54, 1.807) is 28.2 Å². The SMILES string of the molecule is Cc1nc(NCc2cccc3c2OCO3)sc1-c1ccn(Cc2ccccc2F)n1. The van der Waals surface area contributed by atoms with Crippen molar-refractivity contribution in [1.82, 2.24) is 14.8 Å². The summed E-state index contributed by atoms with van der Waals surface area (Å²) in [6, 6.07) is 14.5. The average molecular weight is 422 g/mol. The monoisotopic (exact) mass is 422 g/mol. The predicted molar refractivity (Wildman–Crippen MR) is 113 cm³/mol. The van der Waals surface area contributed by atoms with E-state index >= 15 is 0 Å². The number of nitrogens with one attached hydrogen (secondary N) is 1. The van der Waals surface area contributed by atoms with Crippen molar-refractivity contribution in [2.75, 3.05) is 12.1 Å². The van der Waals surface area contributed by atoms with Gasteiger partial charge in [0, 0.05) is 23.9 Å². The average Bonchev–Trinajstić information content (AvgIpc) is 3.48. The minimum absolute atomic E-state index is 0.225. The fourth-order valence-corrected chi connectivity index (χ4v) is 4.31. The fraction of sp³-hybridized carbons (Fsp3) is 0.182. The van der Waals surface area contributed by atoms with E-state index in [0.29, 0.717) is 18.7 Å². The molecule has 3 heterocycles. The summed E-state index contributed by atoms with van der Waals surface area (Å²) in [5.41, 5.74) is 3.36. The Labute approximate surface area is 176 Å². The fourth-order valence-electron chi connectivity index (χ4n) is 3.38. The van der Waals surface area contributed by atoms with Gasteiger partial charge in [-0.3, -0.25) is 4.68 Å². The zero-order valence-corrected chi connectivity index (χ0v) is 17.1. The molecular weight excluding hydrogens is 403 g/mol. The molecule has 4 aromatic rings. The molecule has 152 valence electrons. The molecule has 0 spiro atoms. The maximum Gasteiger partial charge on any atom is 0.231 e. The zero-order chi connectivity index (χ0) is 20.5. The maximum absolute atomic E-state index is 13.9. The lowest BCUT2D eigenvalue weighted by Gasteiger charge is -2.06. The molecule has 30 heavy (non-hydrogen) atoms. The van der Waals surface area contributed by atoms with Gasteiger partial charge >= 0.3 is 0 Å². The summed E-state index contributed by atoms with van der Waals surface area (Å²) in [4.78, 5) is 5.62. The summed E-state index contributed by atoms with van der Waals surface area (Å²) in [7, 11) is 0. The number of nitrogens with zero attached hydrogens (tertiary/aromatic N) is 3. The van der Waals surface area contributed by atoms with Gasteiger partial charge in [-0.2, -0.15) is 5.10 Å². The van der Waals surface area contributed by atoms with Crippen LogP contribution in [0.15, 0.2) is 54.7 Å². The van der Waals surface area contributed by atoms with Crippen LogP contribution in [0.3, 0.4) is 0 Å². The lowest BCUT2D eigenvalue weighted by atomic mass is 10.2. The molecule has 0 radical (unpaired) electrons. The number of halogens is 1. The Morgan fingerprint density at radius 1 is 1.10 bits per heavy atom. The number of aryl methyl sites for hydroxylation is 1. The van der Waals surface area contributed by atoms with E-state index in [9.17, 15) is 4.39 Å². The topological polar surface area (TPSA) is 61.2 Å². The number of para-hydroxylation sites is 1. The first-order valence-electron chi connectivity index (χ1n) is 9.53. The normalized spacial score (nSPS) is 12.3. The molecule has 8 heteroatoms. The minimum Gasteiger partial charge on any atom is -0.454 e. The molecule has 2 aromatic heterocycles. The van der Waals surface area contributed by atoms with Gasteiger partial charge in [-0.1, -0.05) is 41.7 Å². The van der Waals surface area contributed by atoms with Crippen LogP contribution in [0.2, 0.25) is 0 Å². The molecule has 0 saturated carbocycles. The standard InChI is InChI=1S/C22H19FN4O2S/c1-14-21(18-9-10-27(26-18)12-16-5-2-3-7-17(16)23)30-22(25-14)24-11-15-6-4-8-19-20(15)29-13-28-19/h2-10H,11-13H2,1H3,(H,24,25). The van der Waals surface area contributed by atoms with Crippen molar-refractivity contribution in [3.05, 3.63) is 77.4 Å². The molecule has 0 fully saturated rings. The van der Waals surface area contributed by atoms with Crippen LogP contribution in [0.1, 0.15) is 16.8 Å². The third-order valence-electron chi connectivity index (χ3n) is 4.87. The van der Waals surface area contributed by atoms with Gasteiger partial charge < -0.3 is 14.8 Å². The van der Waals surface area contributed by atoms with Crippen molar-refractivity contribution in [2.24, 2.45) is 0 Å². The van der Waals surface area contributed by atoms with Gasteiger partial charge in [0.2, 0.25) is 6.79 Å². The van der Waals surface area contributed by atoms with Gasteiger partial charge in [-0.25, -0.2) is 9.37 Å². The highest BCUT2D eigenvalue weighted by Crippen LogP contribution is 2.36. The van der Waals surface area contributed by atoms with Crippen LogP contribution in [0.4, 0.5) is 9.52 Å². The molecule has 0 unspecified atom stereocenters. The zero-order valence-electron chi connectivity index (χ0n) is 16.3. The Bertz CT molecular complexity index is 1200. The van der Waals surface area contributed by atoms with E-state index in [2.05, 4.69) is 15.4 Å². The number of hydrogen-bond donors (Lipinski definition) is 1. The summed E-state index contributed by atoms with van der Waals surface area (Å²) in [6.45, 7) is 3.18. The predicted octanol–water partition coefficient (Wildman–Crippen LogP) is 4.84. The highest BCUT2D eigenvalue weighted by molar-refractivity contribution is 7.19. The van der Waals surface area contributed by atoms with Crippen molar-refractivity contribution in [3.63, 3.8) is 0 Å². The number of hydrogen-bond acceptors (Lipinski definition) is 6. The Kier molecular flexibility index (Phi) is 4.84. The number of thiazole rings is 1. The third-order valence-corrected chi connectivity index (χ3v) is 6.01. The molecule has 2 aromatic carbocycles. The first kappa shape index (κ1) is 18.6. The summed E-state index contributed by atoms with van der Waals surface area (Å²) in [5, 5.41) is 8.78. The number of rotatable bonds is 6. The second-order valence-corrected chi connectivity index (χ2v) is 7.93. The second-order valence-electron chi connectivity index (χ2n) is 6.93. The number of aromatic nitrogens is 3. The van der Waals surface area contributed by atoms with Gasteiger partial charge in [-0.15, -0.1) is 0 Å². The second kappa shape index (κ2) is 7.79. The van der Waals surface area contributed by atoms with Crippen LogP contribution in [0.25, 0.3) is 10.6 Å². The third kappa shape index (κ3) is 3.61. The Hall–Kier alpha value is -3.39. The van der Waals surface area contributed by atoms with E-state index in [1.807, 2.05) is 43.5 Å². The molecule has 0 saturated heterocycles. The van der Waals surface area contributed by atoms with E-state index in [1.165, 1.54) is 6.07 Å². The van der Waals surface area contributed by atoms with Gasteiger partial charge in [0.05, 0.1) is 17.1 Å². The van der Waals surface area contributed by atoms with Crippen molar-refractivity contribution in [2.45, 2.75) is 20.0 Å². The van der Waals surface area contributed by atoms with Crippen LogP contribution < -0.4 is 14.8 Å². The Morgan fingerprint density at radius 3 is 2.87 bits per heavy atom. The van der Waals surface area contributed by atoms with Gasteiger partial charge in [0.25, 0.3) is 0 Å². The molecule has 0 aliphatic carbocycles. The number of anilines is 1. The highest BCUT2D eigenvalue weighted by atomic mass is 32.1. The molecular formula is C22H19FN4O2S. The van der Waals surface area contributed by atoms with Gasteiger partial charge in [0.1, 0.15) is 11.5 Å². The van der Waals surface area contributed by atoms with Crippen molar-refractivity contribution >= 4 is 16.5 Å². The van der Waals surface area contributed by atoms with Crippen LogP contribution in [-0.2, 0) is 13.1 Å². The largest absolute Gasteiger partial charge is 0.454 e. The maximum atomic E-state index is 13.9. The summed E-state index contributed by atoms with van der Waals surface area (Å²) in [6.07, 6.45) is 1.86. The molecule has 1 N–H and O–H groups in total. The lowest BCUT2D eigenvalue weighted by molar-refractivity contribution is 0.173. The van der Waals surface area contributed by atoms with Crippen molar-refractivity contribution in [1.29, 1.82) is 0 Å². The first-order chi connectivity index (χ1) is 14.7. The van der Waals surface area contributed by atoms with Crippen LogP contribution >= 0.6 is 11.3 Å². The molecule has 0 bridgehead atoms. The van der Waals surface area contributed by atoms with Gasteiger partial charge in [-0.05, 0) is 25.1 Å². The lowest BCUT2D eigenvalue weighted by Crippen LogP contribution is -2.02. The van der Waals surface area contributed by atoms with Crippen LogP contribution in [0, 0.1) is 12.7 Å². The van der Waals surface area contributed by atoms with Crippen molar-refractivity contribution in [3.8, 4) is 22.1 Å². The molecule has 5 rings (SSSR count). The van der Waals surface area contributed by atoms with E-state index in [4.69, 9.17) is 9.47 Å². The molecule has 0 amide bonds. The number of benzene rings is 2. The van der Waals surface area contributed by atoms with Crippen LogP contribution in [-0.4, -0.2) is 21.6 Å².